The largest absolute Gasteiger partial charge is 0.322 e. The van der Waals surface area contributed by atoms with Gasteiger partial charge < -0.3 is 4.90 Å². The van der Waals surface area contributed by atoms with E-state index < -0.39 is 11.9 Å². The van der Waals surface area contributed by atoms with Crippen molar-refractivity contribution in [2.75, 3.05) is 0 Å². The summed E-state index contributed by atoms with van der Waals surface area (Å²) in [6, 6.07) is 16.1. The Labute approximate surface area is 182 Å². The van der Waals surface area contributed by atoms with Crippen LogP contribution in [0.15, 0.2) is 60.0 Å². The number of thiophene rings is 1. The highest BCUT2D eigenvalue weighted by molar-refractivity contribution is 7.12. The van der Waals surface area contributed by atoms with Gasteiger partial charge >= 0.3 is 0 Å². The molecule has 0 radical (unpaired) electrons. The Balaban J connectivity index is 1.38. The highest BCUT2D eigenvalue weighted by atomic mass is 32.1. The average Bonchev–Trinajstić information content (AvgIpc) is 3.39. The summed E-state index contributed by atoms with van der Waals surface area (Å²) in [5, 5.41) is 4.26. The number of nitrogens with one attached hydrogen (secondary N) is 1. The molecule has 1 unspecified atom stereocenters. The van der Waals surface area contributed by atoms with Gasteiger partial charge in [-0.25, -0.2) is 0 Å². The van der Waals surface area contributed by atoms with Gasteiger partial charge in [-0.2, -0.15) is 0 Å². The molecule has 7 heteroatoms. The van der Waals surface area contributed by atoms with Gasteiger partial charge in [-0.3, -0.25) is 24.5 Å². The second-order valence-corrected chi connectivity index (χ2v) is 8.58. The lowest BCUT2D eigenvalue weighted by atomic mass is 10.0. The molecule has 1 saturated heterocycles. The summed E-state index contributed by atoms with van der Waals surface area (Å²) in [5.74, 6) is -1.10. The van der Waals surface area contributed by atoms with E-state index in [1.807, 2.05) is 41.8 Å². The van der Waals surface area contributed by atoms with Crippen LogP contribution in [0.2, 0.25) is 0 Å². The lowest BCUT2D eigenvalue weighted by molar-refractivity contribution is -0.136. The molecule has 1 atom stereocenters. The van der Waals surface area contributed by atoms with Crippen molar-refractivity contribution in [2.45, 2.75) is 25.4 Å². The zero-order valence-electron chi connectivity index (χ0n) is 16.5. The first-order valence-corrected chi connectivity index (χ1v) is 10.9. The molecular weight excluding hydrogens is 412 g/mol. The first-order valence-electron chi connectivity index (χ1n) is 9.97. The van der Waals surface area contributed by atoms with Crippen molar-refractivity contribution < 1.29 is 19.2 Å². The number of amides is 3. The Morgan fingerprint density at radius 3 is 2.58 bits per heavy atom. The number of piperidine rings is 1. The van der Waals surface area contributed by atoms with Crippen LogP contribution in [0.5, 0.6) is 0 Å². The van der Waals surface area contributed by atoms with Gasteiger partial charge in [-0.15, -0.1) is 11.3 Å². The summed E-state index contributed by atoms with van der Waals surface area (Å²) >= 11 is 1.39. The summed E-state index contributed by atoms with van der Waals surface area (Å²) < 4.78 is 0. The van der Waals surface area contributed by atoms with Crippen LogP contribution in [0.3, 0.4) is 0 Å². The molecule has 6 nitrogen and oxygen atoms in total. The third-order valence-corrected chi connectivity index (χ3v) is 6.65. The number of carbonyl (C=O) groups is 4. The topological polar surface area (TPSA) is 83.6 Å². The molecule has 1 N–H and O–H groups in total. The fourth-order valence-electron chi connectivity index (χ4n) is 4.10. The first kappa shape index (κ1) is 19.4. The van der Waals surface area contributed by atoms with E-state index in [-0.39, 0.29) is 30.6 Å². The third-order valence-electron chi connectivity index (χ3n) is 5.72. The van der Waals surface area contributed by atoms with Gasteiger partial charge in [0.1, 0.15) is 6.04 Å². The summed E-state index contributed by atoms with van der Waals surface area (Å²) in [4.78, 5) is 51.6. The van der Waals surface area contributed by atoms with Crippen molar-refractivity contribution >= 4 is 34.8 Å². The molecule has 1 fully saturated rings. The maximum atomic E-state index is 13.1. The Morgan fingerprint density at radius 1 is 1.00 bits per heavy atom. The fourth-order valence-corrected chi connectivity index (χ4v) is 4.97. The third kappa shape index (κ3) is 3.47. The SMILES string of the molecule is O=C1CCC(N2Cc3cc(C(=O)c4cc(-c5ccccc5)cs4)ccc3C2=O)C(=O)N1. The van der Waals surface area contributed by atoms with Crippen LogP contribution in [0, 0.1) is 0 Å². The second kappa shape index (κ2) is 7.59. The molecule has 31 heavy (non-hydrogen) atoms. The molecule has 5 rings (SSSR count). The number of carbonyl (C=O) groups excluding carboxylic acids is 4. The van der Waals surface area contributed by atoms with Crippen molar-refractivity contribution in [3.63, 3.8) is 0 Å². The molecule has 3 aromatic rings. The number of rotatable bonds is 4. The molecule has 0 bridgehead atoms. The van der Waals surface area contributed by atoms with Gasteiger partial charge in [0.05, 0.1) is 4.88 Å². The van der Waals surface area contributed by atoms with E-state index in [4.69, 9.17) is 0 Å². The van der Waals surface area contributed by atoms with E-state index >= 15 is 0 Å². The van der Waals surface area contributed by atoms with E-state index in [0.29, 0.717) is 22.4 Å². The Bertz CT molecular complexity index is 1230. The van der Waals surface area contributed by atoms with Gasteiger partial charge in [-0.1, -0.05) is 36.4 Å². The van der Waals surface area contributed by atoms with Crippen LogP contribution < -0.4 is 5.32 Å². The highest BCUT2D eigenvalue weighted by Crippen LogP contribution is 2.31. The van der Waals surface area contributed by atoms with Crippen molar-refractivity contribution in [1.29, 1.82) is 0 Å². The van der Waals surface area contributed by atoms with Crippen LogP contribution in [-0.4, -0.2) is 34.4 Å². The Morgan fingerprint density at radius 2 is 1.81 bits per heavy atom. The maximum Gasteiger partial charge on any atom is 0.255 e. The van der Waals surface area contributed by atoms with E-state index in [9.17, 15) is 19.2 Å². The molecule has 0 saturated carbocycles. The van der Waals surface area contributed by atoms with E-state index in [1.54, 1.807) is 18.2 Å². The Hall–Kier alpha value is -3.58. The highest BCUT2D eigenvalue weighted by Gasteiger charge is 2.39. The van der Waals surface area contributed by atoms with Crippen LogP contribution in [0.4, 0.5) is 0 Å². The van der Waals surface area contributed by atoms with Crippen LogP contribution in [-0.2, 0) is 16.1 Å². The molecule has 2 aliphatic rings. The minimum atomic E-state index is -0.664. The predicted octanol–water partition coefficient (Wildman–Crippen LogP) is 3.41. The smallest absolute Gasteiger partial charge is 0.255 e. The number of ketones is 1. The lowest BCUT2D eigenvalue weighted by Crippen LogP contribution is -2.52. The summed E-state index contributed by atoms with van der Waals surface area (Å²) in [5.41, 5.74) is 3.78. The molecule has 3 amide bonds. The van der Waals surface area contributed by atoms with Gasteiger partial charge in [0.2, 0.25) is 17.6 Å². The molecule has 0 aliphatic carbocycles. The van der Waals surface area contributed by atoms with Gasteiger partial charge in [-0.05, 0) is 46.7 Å². The van der Waals surface area contributed by atoms with Crippen LogP contribution in [0.25, 0.3) is 11.1 Å². The molecular formula is C24H18N2O4S. The van der Waals surface area contributed by atoms with Gasteiger partial charge in [0, 0.05) is 24.1 Å². The number of hydrogen-bond acceptors (Lipinski definition) is 5. The molecule has 1 aromatic heterocycles. The first-order chi connectivity index (χ1) is 15.0. The standard InChI is InChI=1S/C24H18N2O4S/c27-21-9-8-19(23(29)25-21)26-12-16-10-15(6-7-18(16)24(26)30)22(28)20-11-17(13-31-20)14-4-2-1-3-5-14/h1-7,10-11,13,19H,8-9,12H2,(H,25,27,29). The van der Waals surface area contributed by atoms with E-state index in [1.165, 1.54) is 16.2 Å². The average molecular weight is 430 g/mol. The summed E-state index contributed by atoms with van der Waals surface area (Å²) in [7, 11) is 0. The molecule has 154 valence electrons. The normalized spacial score (nSPS) is 18.1. The quantitative estimate of drug-likeness (QED) is 0.508. The van der Waals surface area contributed by atoms with Crippen molar-refractivity contribution in [2.24, 2.45) is 0 Å². The summed E-state index contributed by atoms with van der Waals surface area (Å²) in [6.45, 7) is 0.251. The molecule has 3 heterocycles. The van der Waals surface area contributed by atoms with Crippen molar-refractivity contribution in [1.82, 2.24) is 10.2 Å². The number of fused-ring (bicyclic) bond motifs is 1. The summed E-state index contributed by atoms with van der Waals surface area (Å²) in [6.07, 6.45) is 0.524. The minimum Gasteiger partial charge on any atom is -0.322 e. The van der Waals surface area contributed by atoms with Crippen molar-refractivity contribution in [3.8, 4) is 11.1 Å². The monoisotopic (exact) mass is 430 g/mol. The molecule has 0 spiro atoms. The number of nitrogens with zero attached hydrogens (tertiary/aromatic N) is 1. The number of imide groups is 1. The molecule has 2 aromatic carbocycles. The van der Waals surface area contributed by atoms with Crippen LogP contribution >= 0.6 is 11.3 Å². The fraction of sp³-hybridized carbons (Fsp3) is 0.167. The predicted molar refractivity (Wildman–Crippen MR) is 116 cm³/mol. The van der Waals surface area contributed by atoms with Gasteiger partial charge in [0.15, 0.2) is 0 Å². The maximum absolute atomic E-state index is 13.1. The second-order valence-electron chi connectivity index (χ2n) is 7.67. The van der Waals surface area contributed by atoms with E-state index in [2.05, 4.69) is 5.32 Å². The molecule has 2 aliphatic heterocycles. The van der Waals surface area contributed by atoms with Crippen molar-refractivity contribution in [3.05, 3.63) is 81.5 Å². The van der Waals surface area contributed by atoms with E-state index in [0.717, 1.165) is 16.7 Å². The number of benzene rings is 2. The zero-order valence-corrected chi connectivity index (χ0v) is 17.3. The van der Waals surface area contributed by atoms with Gasteiger partial charge in [0.25, 0.3) is 5.91 Å². The Kier molecular flexibility index (Phi) is 4.75. The zero-order chi connectivity index (χ0) is 21.5. The lowest BCUT2D eigenvalue weighted by Gasteiger charge is -2.29. The number of hydrogen-bond donors (Lipinski definition) is 1. The van der Waals surface area contributed by atoms with Crippen LogP contribution in [0.1, 0.15) is 44.0 Å². The minimum absolute atomic E-state index is 0.0955.